The van der Waals surface area contributed by atoms with Gasteiger partial charge in [-0.2, -0.15) is 5.10 Å². The zero-order valence-electron chi connectivity index (χ0n) is 22.8. The van der Waals surface area contributed by atoms with E-state index >= 15 is 0 Å². The Hall–Kier alpha value is -4.79. The molecule has 6 nitrogen and oxygen atoms in total. The maximum absolute atomic E-state index is 5.22. The average molecular weight is 583 g/mol. The van der Waals surface area contributed by atoms with Gasteiger partial charge >= 0.3 is 0 Å². The van der Waals surface area contributed by atoms with Crippen molar-refractivity contribution in [2.75, 3.05) is 5.01 Å². The van der Waals surface area contributed by atoms with Crippen molar-refractivity contribution in [3.8, 4) is 21.8 Å². The summed E-state index contributed by atoms with van der Waals surface area (Å²) < 4.78 is 0. The maximum Gasteiger partial charge on any atom is 0.209 e. The van der Waals surface area contributed by atoms with Crippen LogP contribution in [0.5, 0.6) is 0 Å². The Kier molecular flexibility index (Phi) is 7.22. The van der Waals surface area contributed by atoms with E-state index in [1.165, 1.54) is 16.9 Å². The number of aromatic nitrogens is 2. The Morgan fingerprint density at radius 1 is 0.690 bits per heavy atom. The monoisotopic (exact) mass is 582 g/mol. The van der Waals surface area contributed by atoms with Crippen molar-refractivity contribution < 1.29 is 0 Å². The first kappa shape index (κ1) is 26.1. The van der Waals surface area contributed by atoms with Gasteiger partial charge in [-0.25, -0.2) is 15.0 Å². The van der Waals surface area contributed by atoms with Crippen LogP contribution in [0.4, 0.5) is 15.8 Å². The van der Waals surface area contributed by atoms with Crippen molar-refractivity contribution in [2.45, 2.75) is 19.4 Å². The summed E-state index contributed by atoms with van der Waals surface area (Å²) in [6, 6.07) is 40.8. The molecule has 0 N–H and O–H groups in total. The fourth-order valence-electron chi connectivity index (χ4n) is 4.98. The minimum Gasteiger partial charge on any atom is -0.241 e. The lowest BCUT2D eigenvalue weighted by Crippen LogP contribution is -2.18. The Bertz CT molecular complexity index is 1860. The van der Waals surface area contributed by atoms with E-state index in [-0.39, 0.29) is 6.04 Å². The van der Waals surface area contributed by atoms with E-state index < -0.39 is 0 Å². The van der Waals surface area contributed by atoms with E-state index in [1.807, 2.05) is 72.8 Å². The van der Waals surface area contributed by atoms with Crippen molar-refractivity contribution >= 4 is 44.2 Å². The molecule has 204 valence electrons. The van der Waals surface area contributed by atoms with Crippen LogP contribution in [0.15, 0.2) is 137 Å². The molecule has 0 bridgehead atoms. The molecule has 4 aromatic carbocycles. The van der Waals surface area contributed by atoms with E-state index in [9.17, 15) is 0 Å². The average Bonchev–Trinajstić information content (AvgIpc) is 3.78. The van der Waals surface area contributed by atoms with E-state index in [2.05, 4.69) is 70.7 Å². The molecule has 0 amide bonds. The summed E-state index contributed by atoms with van der Waals surface area (Å²) in [6.45, 7) is 2.07. The Morgan fingerprint density at radius 2 is 1.31 bits per heavy atom. The van der Waals surface area contributed by atoms with Gasteiger partial charge in [0.2, 0.25) is 5.13 Å². The molecule has 0 radical (unpaired) electrons. The van der Waals surface area contributed by atoms with Gasteiger partial charge in [0.05, 0.1) is 28.0 Å². The van der Waals surface area contributed by atoms with Gasteiger partial charge in [-0.3, -0.25) is 0 Å². The minimum atomic E-state index is -0.00318. The number of benzene rings is 4. The quantitative estimate of drug-likeness (QED) is 0.176. The second kappa shape index (κ2) is 11.6. The lowest BCUT2D eigenvalue weighted by atomic mass is 10.0. The predicted molar refractivity (Wildman–Crippen MR) is 173 cm³/mol. The highest BCUT2D eigenvalue weighted by molar-refractivity contribution is 7.19. The highest BCUT2D eigenvalue weighted by Gasteiger charge is 2.34. The van der Waals surface area contributed by atoms with Crippen LogP contribution in [0.2, 0.25) is 0 Å². The number of hydrogen-bond acceptors (Lipinski definition) is 8. The van der Waals surface area contributed by atoms with Gasteiger partial charge < -0.3 is 0 Å². The number of nitrogens with zero attached hydrogens (tertiary/aromatic N) is 6. The molecule has 6 aromatic rings. The molecule has 1 atom stereocenters. The SMILES string of the molecule is Cc1nc(-c2ccccc2)sc1C1=NN(c2nc(-c3ccccc3)c(N=Nc3ccccc3)s2)C(c2ccccc2)C1. The number of hydrogen-bond donors (Lipinski definition) is 0. The second-order valence-electron chi connectivity index (χ2n) is 9.87. The maximum atomic E-state index is 5.22. The summed E-state index contributed by atoms with van der Waals surface area (Å²) in [7, 11) is 0. The van der Waals surface area contributed by atoms with Crippen LogP contribution in [0.1, 0.15) is 28.6 Å². The molecule has 1 aliphatic rings. The highest BCUT2D eigenvalue weighted by atomic mass is 32.1. The van der Waals surface area contributed by atoms with Crippen LogP contribution in [0.25, 0.3) is 21.8 Å². The number of azo groups is 1. The summed E-state index contributed by atoms with van der Waals surface area (Å²) in [5.41, 5.74) is 6.90. The first-order chi connectivity index (χ1) is 20.7. The highest BCUT2D eigenvalue weighted by Crippen LogP contribution is 2.46. The molecular formula is C34H26N6S2. The van der Waals surface area contributed by atoms with Crippen LogP contribution in [0.3, 0.4) is 0 Å². The van der Waals surface area contributed by atoms with Crippen LogP contribution < -0.4 is 5.01 Å². The van der Waals surface area contributed by atoms with Crippen LogP contribution in [0, 0.1) is 6.92 Å². The number of aryl methyl sites for hydroxylation is 1. The molecule has 0 aliphatic carbocycles. The number of rotatable bonds is 7. The molecule has 7 rings (SSSR count). The van der Waals surface area contributed by atoms with E-state index in [0.717, 1.165) is 60.4 Å². The van der Waals surface area contributed by atoms with Gasteiger partial charge in [0.25, 0.3) is 0 Å². The fourth-order valence-corrected chi connectivity index (χ4v) is 6.95. The van der Waals surface area contributed by atoms with Crippen molar-refractivity contribution in [2.24, 2.45) is 15.3 Å². The topological polar surface area (TPSA) is 66.1 Å². The smallest absolute Gasteiger partial charge is 0.209 e. The predicted octanol–water partition coefficient (Wildman–Crippen LogP) is 10.0. The molecule has 0 spiro atoms. The van der Waals surface area contributed by atoms with Crippen molar-refractivity contribution in [3.05, 3.63) is 137 Å². The zero-order chi connectivity index (χ0) is 28.3. The van der Waals surface area contributed by atoms with Crippen LogP contribution in [-0.2, 0) is 0 Å². The first-order valence-corrected chi connectivity index (χ1v) is 15.3. The van der Waals surface area contributed by atoms with Gasteiger partial charge in [-0.05, 0) is 24.6 Å². The van der Waals surface area contributed by atoms with Gasteiger partial charge in [-0.15, -0.1) is 21.6 Å². The number of thiazole rings is 2. The lowest BCUT2D eigenvalue weighted by Gasteiger charge is -2.21. The lowest BCUT2D eigenvalue weighted by molar-refractivity contribution is 0.706. The van der Waals surface area contributed by atoms with E-state index in [1.54, 1.807) is 11.3 Å². The van der Waals surface area contributed by atoms with Gasteiger partial charge in [-0.1, -0.05) is 121 Å². The standard InChI is InChI=1S/C34H26N6S2/c1-23-31(41-32(35-23)26-18-10-4-11-19-26)28-22-29(24-14-6-2-7-15-24)40(39-28)34-36-30(25-16-8-3-9-17-25)33(42-34)38-37-27-20-12-5-13-21-27/h2-21,29H,22H2,1H3. The summed E-state index contributed by atoms with van der Waals surface area (Å²) in [6.07, 6.45) is 0.752. The van der Waals surface area contributed by atoms with E-state index in [0.29, 0.717) is 0 Å². The molecule has 3 heterocycles. The van der Waals surface area contributed by atoms with Crippen molar-refractivity contribution in [1.29, 1.82) is 0 Å². The molecular weight excluding hydrogens is 557 g/mol. The minimum absolute atomic E-state index is 0.00318. The van der Waals surface area contributed by atoms with Crippen molar-refractivity contribution in [1.82, 2.24) is 9.97 Å². The third-order valence-corrected chi connectivity index (χ3v) is 9.21. The molecule has 2 aromatic heterocycles. The van der Waals surface area contributed by atoms with Gasteiger partial charge in [0.1, 0.15) is 10.7 Å². The molecule has 1 unspecified atom stereocenters. The Balaban J connectivity index is 1.32. The summed E-state index contributed by atoms with van der Waals surface area (Å²) in [4.78, 5) is 11.1. The van der Waals surface area contributed by atoms with Crippen molar-refractivity contribution in [3.63, 3.8) is 0 Å². The normalized spacial score (nSPS) is 14.9. The number of anilines is 1. The Morgan fingerprint density at radius 3 is 2.00 bits per heavy atom. The molecule has 1 aliphatic heterocycles. The third kappa shape index (κ3) is 5.30. The summed E-state index contributed by atoms with van der Waals surface area (Å²) in [5, 5.41) is 19.0. The largest absolute Gasteiger partial charge is 0.241 e. The fraction of sp³-hybridized carbons (Fsp3) is 0.0882. The zero-order valence-corrected chi connectivity index (χ0v) is 24.5. The third-order valence-electron chi connectivity index (χ3n) is 7.03. The summed E-state index contributed by atoms with van der Waals surface area (Å²) >= 11 is 3.20. The molecule has 0 saturated heterocycles. The van der Waals surface area contributed by atoms with E-state index in [4.69, 9.17) is 15.1 Å². The second-order valence-corrected chi connectivity index (χ2v) is 11.8. The first-order valence-electron chi connectivity index (χ1n) is 13.7. The van der Waals surface area contributed by atoms with Crippen LogP contribution in [-0.4, -0.2) is 15.7 Å². The molecule has 8 heteroatoms. The molecule has 0 fully saturated rings. The molecule has 0 saturated carbocycles. The summed E-state index contributed by atoms with van der Waals surface area (Å²) in [5.74, 6) is 0. The van der Waals surface area contributed by atoms with Crippen LogP contribution >= 0.6 is 22.7 Å². The number of hydrazone groups is 1. The molecule has 42 heavy (non-hydrogen) atoms. The van der Waals surface area contributed by atoms with Gasteiger partial charge in [0.15, 0.2) is 5.00 Å². The van der Waals surface area contributed by atoms with Gasteiger partial charge in [0, 0.05) is 17.5 Å². The Labute approximate surface area is 252 Å².